The molecular weight excluding hydrogens is 532 g/mol. The third-order valence-corrected chi connectivity index (χ3v) is 6.59. The van der Waals surface area contributed by atoms with Gasteiger partial charge in [-0.3, -0.25) is 4.79 Å². The van der Waals surface area contributed by atoms with E-state index in [9.17, 15) is 9.59 Å². The minimum atomic E-state index is -0.482. The molecule has 8 nitrogen and oxygen atoms in total. The van der Waals surface area contributed by atoms with Gasteiger partial charge in [0.1, 0.15) is 35.7 Å². The maximum atomic E-state index is 12.8. The van der Waals surface area contributed by atoms with Crippen molar-refractivity contribution >= 4 is 23.1 Å². The Morgan fingerprint density at radius 3 is 1.79 bits per heavy atom. The molecule has 0 saturated carbocycles. The van der Waals surface area contributed by atoms with E-state index >= 15 is 0 Å². The normalized spacial score (nSPS) is 11.6. The summed E-state index contributed by atoms with van der Waals surface area (Å²) in [6, 6.07) is 24.7. The van der Waals surface area contributed by atoms with Gasteiger partial charge in [-0.05, 0) is 123 Å². The van der Waals surface area contributed by atoms with E-state index in [-0.39, 0.29) is 11.9 Å². The van der Waals surface area contributed by atoms with Crippen LogP contribution in [0.2, 0.25) is 0 Å². The van der Waals surface area contributed by atoms with Crippen molar-refractivity contribution in [2.45, 2.75) is 40.2 Å². The van der Waals surface area contributed by atoms with Gasteiger partial charge in [-0.15, -0.1) is 0 Å². The number of nitrogens with zero attached hydrogens (tertiary/aromatic N) is 2. The highest BCUT2D eigenvalue weighted by Gasteiger charge is 2.13. The summed E-state index contributed by atoms with van der Waals surface area (Å²) < 4.78 is 22.7. The van der Waals surface area contributed by atoms with Gasteiger partial charge in [0.2, 0.25) is 0 Å². The summed E-state index contributed by atoms with van der Waals surface area (Å²) in [4.78, 5) is 24.4. The number of carbonyl (C=O) groups excluding carboxylic acids is 2. The minimum Gasteiger partial charge on any atom is -0.497 e. The summed E-state index contributed by atoms with van der Waals surface area (Å²) >= 11 is 0. The van der Waals surface area contributed by atoms with Gasteiger partial charge in [0.15, 0.2) is 5.78 Å². The zero-order valence-corrected chi connectivity index (χ0v) is 24.4. The van der Waals surface area contributed by atoms with Crippen molar-refractivity contribution in [2.24, 2.45) is 10.2 Å². The zero-order chi connectivity index (χ0) is 30.1. The molecule has 42 heavy (non-hydrogen) atoms. The number of carbonyl (C=O) groups is 2. The number of rotatable bonds is 12. The second kappa shape index (κ2) is 14.1. The highest BCUT2D eigenvalue weighted by Crippen LogP contribution is 2.27. The number of hydrogen-bond acceptors (Lipinski definition) is 8. The SMILES string of the molecule is CCC(COc1ccc(OC(=O)c2ccc(N=Nc3ccc(C(C)=O)cc3C)c(C)c2)cc1)Oc1ccc(OC)cc1. The van der Waals surface area contributed by atoms with Crippen LogP contribution in [0.3, 0.4) is 0 Å². The number of azo groups is 1. The lowest BCUT2D eigenvalue weighted by Crippen LogP contribution is -2.23. The van der Waals surface area contributed by atoms with Crippen molar-refractivity contribution in [2.75, 3.05) is 13.7 Å². The first kappa shape index (κ1) is 30.0. The van der Waals surface area contributed by atoms with Gasteiger partial charge in [0.05, 0.1) is 24.0 Å². The van der Waals surface area contributed by atoms with Crippen molar-refractivity contribution in [1.82, 2.24) is 0 Å². The van der Waals surface area contributed by atoms with Gasteiger partial charge >= 0.3 is 5.97 Å². The summed E-state index contributed by atoms with van der Waals surface area (Å²) in [7, 11) is 1.62. The van der Waals surface area contributed by atoms with E-state index in [0.717, 1.165) is 29.0 Å². The summed E-state index contributed by atoms with van der Waals surface area (Å²) in [5.41, 5.74) is 3.96. The molecule has 1 unspecified atom stereocenters. The van der Waals surface area contributed by atoms with E-state index in [1.807, 2.05) is 45.0 Å². The highest BCUT2D eigenvalue weighted by atomic mass is 16.5. The third-order valence-electron chi connectivity index (χ3n) is 6.59. The van der Waals surface area contributed by atoms with Crippen LogP contribution in [0.5, 0.6) is 23.0 Å². The quantitative estimate of drug-likeness (QED) is 0.0740. The Kier molecular flexibility index (Phi) is 10.1. The summed E-state index contributed by atoms with van der Waals surface area (Å²) in [6.07, 6.45) is 0.646. The van der Waals surface area contributed by atoms with Gasteiger partial charge in [0.25, 0.3) is 0 Å². The van der Waals surface area contributed by atoms with Crippen LogP contribution in [0.1, 0.15) is 52.1 Å². The van der Waals surface area contributed by atoms with E-state index in [2.05, 4.69) is 10.2 Å². The van der Waals surface area contributed by atoms with Crippen LogP contribution in [0, 0.1) is 13.8 Å². The molecule has 0 heterocycles. The monoisotopic (exact) mass is 566 g/mol. The number of aryl methyl sites for hydroxylation is 2. The number of benzene rings is 4. The van der Waals surface area contributed by atoms with E-state index in [1.165, 1.54) is 6.92 Å². The summed E-state index contributed by atoms with van der Waals surface area (Å²) in [5.74, 6) is 2.08. The van der Waals surface area contributed by atoms with Crippen LogP contribution >= 0.6 is 0 Å². The van der Waals surface area contributed by atoms with E-state index in [1.54, 1.807) is 67.8 Å². The van der Waals surface area contributed by atoms with Gasteiger partial charge < -0.3 is 18.9 Å². The second-order valence-electron chi connectivity index (χ2n) is 9.75. The first-order valence-electron chi connectivity index (χ1n) is 13.7. The fourth-order valence-corrected chi connectivity index (χ4v) is 4.03. The smallest absolute Gasteiger partial charge is 0.343 e. The third kappa shape index (κ3) is 8.04. The Balaban J connectivity index is 1.31. The van der Waals surface area contributed by atoms with Crippen LogP contribution in [-0.4, -0.2) is 31.6 Å². The Hall–Kier alpha value is -4.98. The molecule has 4 rings (SSSR count). The van der Waals surface area contributed by atoms with E-state index in [4.69, 9.17) is 18.9 Å². The van der Waals surface area contributed by atoms with Crippen molar-refractivity contribution < 1.29 is 28.5 Å². The first-order chi connectivity index (χ1) is 20.2. The molecule has 0 fully saturated rings. The predicted molar refractivity (Wildman–Crippen MR) is 161 cm³/mol. The summed E-state index contributed by atoms with van der Waals surface area (Å²) in [5, 5.41) is 8.65. The van der Waals surface area contributed by atoms with Crippen molar-refractivity contribution in [1.29, 1.82) is 0 Å². The molecule has 0 aliphatic carbocycles. The van der Waals surface area contributed by atoms with Crippen molar-refractivity contribution in [3.63, 3.8) is 0 Å². The number of ketones is 1. The molecular formula is C34H34N2O6. The Labute approximate surface area is 245 Å². The molecule has 0 amide bonds. The molecule has 4 aromatic carbocycles. The molecule has 0 aliphatic heterocycles. The predicted octanol–water partition coefficient (Wildman–Crippen LogP) is 8.39. The zero-order valence-electron chi connectivity index (χ0n) is 24.4. The number of Topliss-reactive ketones (excluding diaryl/α,β-unsaturated/α-hetero) is 1. The molecule has 0 bridgehead atoms. The Bertz CT molecular complexity index is 1560. The number of hydrogen-bond donors (Lipinski definition) is 0. The molecule has 8 heteroatoms. The minimum absolute atomic E-state index is 0.00100. The largest absolute Gasteiger partial charge is 0.497 e. The van der Waals surface area contributed by atoms with Crippen LogP contribution in [-0.2, 0) is 0 Å². The molecule has 4 aromatic rings. The number of methoxy groups -OCH3 is 1. The highest BCUT2D eigenvalue weighted by molar-refractivity contribution is 5.94. The van der Waals surface area contributed by atoms with E-state index in [0.29, 0.717) is 40.6 Å². The van der Waals surface area contributed by atoms with Crippen molar-refractivity contribution in [3.05, 3.63) is 107 Å². The molecule has 1 atom stereocenters. The topological polar surface area (TPSA) is 95.8 Å². The lowest BCUT2D eigenvalue weighted by Gasteiger charge is -2.18. The van der Waals surface area contributed by atoms with Gasteiger partial charge in [-0.1, -0.05) is 6.92 Å². The second-order valence-corrected chi connectivity index (χ2v) is 9.75. The molecule has 0 N–H and O–H groups in total. The molecule has 216 valence electrons. The lowest BCUT2D eigenvalue weighted by atomic mass is 10.1. The first-order valence-corrected chi connectivity index (χ1v) is 13.7. The molecule has 0 radical (unpaired) electrons. The fraction of sp³-hybridized carbons (Fsp3) is 0.235. The van der Waals surface area contributed by atoms with Crippen LogP contribution < -0.4 is 18.9 Å². The molecule has 0 aromatic heterocycles. The van der Waals surface area contributed by atoms with Crippen LogP contribution in [0.15, 0.2) is 95.2 Å². The summed E-state index contributed by atoms with van der Waals surface area (Å²) in [6.45, 7) is 7.66. The maximum Gasteiger partial charge on any atom is 0.343 e. The lowest BCUT2D eigenvalue weighted by molar-refractivity contribution is 0.0734. The fourth-order valence-electron chi connectivity index (χ4n) is 4.03. The number of esters is 1. The Morgan fingerprint density at radius 2 is 1.24 bits per heavy atom. The van der Waals surface area contributed by atoms with Crippen LogP contribution in [0.25, 0.3) is 0 Å². The molecule has 0 aliphatic rings. The van der Waals surface area contributed by atoms with Crippen LogP contribution in [0.4, 0.5) is 11.4 Å². The van der Waals surface area contributed by atoms with Gasteiger partial charge in [-0.25, -0.2) is 4.79 Å². The van der Waals surface area contributed by atoms with Gasteiger partial charge in [-0.2, -0.15) is 10.2 Å². The molecule has 0 spiro atoms. The van der Waals surface area contributed by atoms with Crippen molar-refractivity contribution in [3.8, 4) is 23.0 Å². The molecule has 0 saturated heterocycles. The number of ether oxygens (including phenoxy) is 4. The average Bonchev–Trinajstić information content (AvgIpc) is 3.00. The Morgan fingerprint density at radius 1 is 0.714 bits per heavy atom. The standard InChI is InChI=1S/C34H34N2O6/c1-6-27(41-30-13-9-28(39-5)10-14-30)21-40-29-11-15-31(16-12-29)42-34(38)26-8-18-33(23(3)20-26)36-35-32-17-7-25(24(4)37)19-22(32)2/h7-20,27H,6,21H2,1-5H3. The van der Waals surface area contributed by atoms with E-state index < -0.39 is 5.97 Å². The maximum absolute atomic E-state index is 12.8. The van der Waals surface area contributed by atoms with Gasteiger partial charge in [0, 0.05) is 5.56 Å². The average molecular weight is 567 g/mol.